The highest BCUT2D eigenvalue weighted by Gasteiger charge is 2.15. The summed E-state index contributed by atoms with van der Waals surface area (Å²) in [5.74, 6) is 0.925. The number of H-pyrrole nitrogens is 1. The highest BCUT2D eigenvalue weighted by Crippen LogP contribution is 2.40. The number of fused-ring (bicyclic) bond motifs is 10. The molecule has 0 aliphatic carbocycles. The Kier molecular flexibility index (Phi) is 11.4. The van der Waals surface area contributed by atoms with Gasteiger partial charge in [0.2, 0.25) is 0 Å². The fraction of sp³-hybridized carbons (Fsp3) is 0. The van der Waals surface area contributed by atoms with Gasteiger partial charge in [-0.1, -0.05) is 158 Å². The highest BCUT2D eigenvalue weighted by molar-refractivity contribution is 9.10. The molecule has 14 rings (SSSR count). The Bertz CT molecular complexity index is 3970. The zero-order valence-electron chi connectivity index (χ0n) is 37.1. The van der Waals surface area contributed by atoms with Crippen LogP contribution in [0.15, 0.2) is 248 Å². The maximum Gasteiger partial charge on any atom is 0.138 e. The van der Waals surface area contributed by atoms with Crippen LogP contribution in [0.4, 0.5) is 0 Å². The maximum absolute atomic E-state index is 5.12. The van der Waals surface area contributed by atoms with Gasteiger partial charge in [-0.15, -0.1) is 22.7 Å². The summed E-state index contributed by atoms with van der Waals surface area (Å²) in [6.45, 7) is 0. The maximum atomic E-state index is 5.12. The average molecular weight is 986 g/mol. The number of aromatic amines is 1. The van der Waals surface area contributed by atoms with Gasteiger partial charge < -0.3 is 9.55 Å². The Balaban J connectivity index is 0.000000118. The van der Waals surface area contributed by atoms with Crippen molar-refractivity contribution in [1.82, 2.24) is 19.5 Å². The van der Waals surface area contributed by atoms with Crippen LogP contribution in [0.1, 0.15) is 0 Å². The van der Waals surface area contributed by atoms with Crippen LogP contribution in [0.25, 0.3) is 113 Å². The van der Waals surface area contributed by atoms with Crippen LogP contribution in [0.2, 0.25) is 0 Å². The van der Waals surface area contributed by atoms with E-state index in [0.29, 0.717) is 0 Å². The number of aromatic nitrogens is 4. The average Bonchev–Trinajstić information content (AvgIpc) is 4.24. The van der Waals surface area contributed by atoms with Gasteiger partial charge in [0, 0.05) is 80.2 Å². The number of nitrogens with zero attached hydrogens (tertiary/aromatic N) is 3. The van der Waals surface area contributed by atoms with Gasteiger partial charge in [0.1, 0.15) is 10.4 Å². The van der Waals surface area contributed by atoms with Crippen molar-refractivity contribution in [3.8, 4) is 50.6 Å². The van der Waals surface area contributed by atoms with Crippen LogP contribution in [0, 0.1) is 0 Å². The number of hydrogen-bond donors (Lipinski definition) is 1. The van der Waals surface area contributed by atoms with Gasteiger partial charge >= 0.3 is 0 Å². The number of nitrogens with one attached hydrogen (secondary N) is 1. The Morgan fingerprint density at radius 2 is 0.870 bits per heavy atom. The third-order valence-corrected chi connectivity index (χ3v) is 15.2. The van der Waals surface area contributed by atoms with Crippen LogP contribution in [0.3, 0.4) is 0 Å². The van der Waals surface area contributed by atoms with Gasteiger partial charge in [0.15, 0.2) is 0 Å². The molecule has 0 saturated carbocycles. The lowest BCUT2D eigenvalue weighted by Crippen LogP contribution is -1.98. The molecule has 0 aliphatic rings. The van der Waals surface area contributed by atoms with Crippen molar-refractivity contribution in [3.63, 3.8) is 0 Å². The Labute approximate surface area is 415 Å². The zero-order valence-corrected chi connectivity index (χ0v) is 40.3. The number of rotatable bonds is 5. The van der Waals surface area contributed by atoms with Crippen LogP contribution in [0.5, 0.6) is 0 Å². The summed E-state index contributed by atoms with van der Waals surface area (Å²) in [5, 5.41) is 8.01. The summed E-state index contributed by atoms with van der Waals surface area (Å²) >= 11 is 7.22. The van der Waals surface area contributed by atoms with Crippen LogP contribution in [-0.4, -0.2) is 19.5 Å². The van der Waals surface area contributed by atoms with E-state index in [2.05, 4.69) is 219 Å². The molecule has 0 fully saturated rings. The second-order valence-corrected chi connectivity index (χ2v) is 19.7. The van der Waals surface area contributed by atoms with E-state index in [-0.39, 0.29) is 0 Å². The van der Waals surface area contributed by atoms with Crippen molar-refractivity contribution in [2.45, 2.75) is 0 Å². The van der Waals surface area contributed by atoms with Gasteiger partial charge in [0.25, 0.3) is 0 Å². The predicted octanol–water partition coefficient (Wildman–Crippen LogP) is 18.4. The Morgan fingerprint density at radius 1 is 0.377 bits per heavy atom. The topological polar surface area (TPSA) is 46.5 Å². The molecule has 0 atom stereocenters. The van der Waals surface area contributed by atoms with Gasteiger partial charge in [-0.05, 0) is 111 Å². The molecular formula is C62H41BrN4S2. The van der Waals surface area contributed by atoms with E-state index in [1.165, 1.54) is 78.8 Å². The van der Waals surface area contributed by atoms with Crippen molar-refractivity contribution in [1.29, 1.82) is 0 Å². The lowest BCUT2D eigenvalue weighted by atomic mass is 10.0. The highest BCUT2D eigenvalue weighted by atomic mass is 79.9. The zero-order chi connectivity index (χ0) is 46.1. The van der Waals surface area contributed by atoms with E-state index < -0.39 is 0 Å². The quantitative estimate of drug-likeness (QED) is 0.175. The molecule has 0 unspecified atom stereocenters. The van der Waals surface area contributed by atoms with E-state index in [4.69, 9.17) is 4.98 Å². The third-order valence-electron chi connectivity index (χ3n) is 12.5. The smallest absolute Gasteiger partial charge is 0.138 e. The molecule has 0 radical (unpaired) electrons. The summed E-state index contributed by atoms with van der Waals surface area (Å²) in [7, 11) is 0. The standard InChI is InChI=1S/C31H20N2S.C17H12BrN.C14H9NS/c1-3-9-21(10-4-1)23-19-26(22-11-5-2-6-12-22)32-30(20-23)33-18-17-24-27(33)15-16-29-31(24)25-13-7-8-14-28(25)34-29;18-17-12-15(13-7-3-1-4-8-13)11-16(19-17)14-9-5-2-6-10-14;1-2-4-12-10(3-1)14-9-7-8-15-11(9)5-6-13(14)16-12/h1-20H;1-12H;1-8,15H. The summed E-state index contributed by atoms with van der Waals surface area (Å²) in [4.78, 5) is 12.9. The molecule has 4 nitrogen and oxygen atoms in total. The number of halogens is 1. The van der Waals surface area contributed by atoms with Gasteiger partial charge in [0.05, 0.1) is 16.9 Å². The van der Waals surface area contributed by atoms with Crippen molar-refractivity contribution in [2.24, 2.45) is 0 Å². The Hall–Kier alpha value is -7.94. The van der Waals surface area contributed by atoms with E-state index in [1.807, 2.05) is 77.4 Å². The van der Waals surface area contributed by atoms with Crippen LogP contribution < -0.4 is 0 Å². The molecule has 0 aliphatic heterocycles. The molecular weight excluding hydrogens is 945 g/mol. The summed E-state index contributed by atoms with van der Waals surface area (Å²) in [6.07, 6.45) is 4.17. The fourth-order valence-corrected chi connectivity index (χ4v) is 11.9. The number of hydrogen-bond acceptors (Lipinski definition) is 4. The largest absolute Gasteiger partial charge is 0.361 e. The van der Waals surface area contributed by atoms with Gasteiger partial charge in [-0.3, -0.25) is 0 Å². The first-order valence-corrected chi connectivity index (χ1v) is 25.2. The van der Waals surface area contributed by atoms with Crippen molar-refractivity contribution >= 4 is 101 Å². The first-order valence-electron chi connectivity index (χ1n) is 22.8. The molecule has 0 bridgehead atoms. The van der Waals surface area contributed by atoms with Crippen molar-refractivity contribution in [3.05, 3.63) is 248 Å². The molecule has 0 saturated heterocycles. The van der Waals surface area contributed by atoms with E-state index in [1.54, 1.807) is 0 Å². The van der Waals surface area contributed by atoms with E-state index in [9.17, 15) is 0 Å². The van der Waals surface area contributed by atoms with E-state index >= 15 is 0 Å². The minimum absolute atomic E-state index is 0.854. The summed E-state index contributed by atoms with van der Waals surface area (Å²) in [5.41, 5.74) is 11.3. The molecule has 0 spiro atoms. The van der Waals surface area contributed by atoms with Crippen LogP contribution >= 0.6 is 38.6 Å². The second kappa shape index (κ2) is 18.6. The molecule has 1 N–H and O–H groups in total. The lowest BCUT2D eigenvalue weighted by Gasteiger charge is -2.12. The lowest BCUT2D eigenvalue weighted by molar-refractivity contribution is 1.05. The van der Waals surface area contributed by atoms with Crippen molar-refractivity contribution in [2.75, 3.05) is 0 Å². The third kappa shape index (κ3) is 8.42. The normalized spacial score (nSPS) is 11.3. The first kappa shape index (κ1) is 42.4. The fourth-order valence-electron chi connectivity index (χ4n) is 9.24. The molecule has 7 heteroatoms. The predicted molar refractivity (Wildman–Crippen MR) is 299 cm³/mol. The molecule has 6 heterocycles. The monoisotopic (exact) mass is 984 g/mol. The van der Waals surface area contributed by atoms with E-state index in [0.717, 1.165) is 38.5 Å². The number of thiophene rings is 2. The molecule has 0 amide bonds. The molecule has 69 heavy (non-hydrogen) atoms. The molecule has 14 aromatic rings. The van der Waals surface area contributed by atoms with Crippen molar-refractivity contribution < 1.29 is 0 Å². The van der Waals surface area contributed by atoms with Crippen LogP contribution in [-0.2, 0) is 0 Å². The second-order valence-electron chi connectivity index (χ2n) is 16.8. The van der Waals surface area contributed by atoms with Gasteiger partial charge in [-0.2, -0.15) is 0 Å². The van der Waals surface area contributed by atoms with Gasteiger partial charge in [-0.25, -0.2) is 9.97 Å². The number of pyridine rings is 2. The first-order chi connectivity index (χ1) is 34.1. The molecule has 8 aromatic carbocycles. The number of benzene rings is 8. The summed E-state index contributed by atoms with van der Waals surface area (Å²) in [6, 6.07) is 80.6. The minimum atomic E-state index is 0.854. The summed E-state index contributed by atoms with van der Waals surface area (Å²) < 4.78 is 8.46. The minimum Gasteiger partial charge on any atom is -0.361 e. The molecule has 6 aromatic heterocycles. The SMILES string of the molecule is Brc1cc(-c2ccccc2)cc(-c2ccccc2)n1.c1ccc(-c2cc(-c3ccccc3)nc(-n3ccc4c5c(ccc43)sc3ccccc35)c2)cc1.c1ccc2c(c1)sc1ccc3[nH]ccc3c12. The molecule has 328 valence electrons. The Morgan fingerprint density at radius 3 is 1.46 bits per heavy atom.